The maximum atomic E-state index is 9.39. The Hall–Kier alpha value is 0.488. The molecule has 1 aromatic carbocycles. The summed E-state index contributed by atoms with van der Waals surface area (Å²) in [6.07, 6.45) is 3.97. The molecule has 2 heterocycles. The molecule has 1 aliphatic rings. The van der Waals surface area contributed by atoms with Gasteiger partial charge in [-0.05, 0) is 6.42 Å². The molecule has 1 aliphatic heterocycles. The summed E-state index contributed by atoms with van der Waals surface area (Å²) in [5, 5.41) is 13.6. The number of nitrogens with zero attached hydrogens (tertiary/aromatic N) is 3. The first-order valence-corrected chi connectivity index (χ1v) is 6.78. The van der Waals surface area contributed by atoms with Crippen molar-refractivity contribution in [2.45, 2.75) is 25.5 Å². The van der Waals surface area contributed by atoms with Crippen molar-refractivity contribution in [3.05, 3.63) is 48.0 Å². The van der Waals surface area contributed by atoms with Crippen molar-refractivity contribution in [2.24, 2.45) is 5.92 Å². The van der Waals surface area contributed by atoms with Gasteiger partial charge in [-0.15, -0.1) is 5.56 Å². The van der Waals surface area contributed by atoms with E-state index in [9.17, 15) is 5.11 Å². The maximum absolute atomic E-state index is 9.39. The summed E-state index contributed by atoms with van der Waals surface area (Å²) in [7, 11) is 0. The molecule has 1 aromatic heterocycles. The molecule has 7 heteroatoms. The Kier molecular flexibility index (Phi) is 8.49. The molecular weight excluding hydrogens is 432 g/mol. The molecule has 0 bridgehead atoms. The van der Waals surface area contributed by atoms with Crippen LogP contribution in [-0.2, 0) is 82.3 Å². The van der Waals surface area contributed by atoms with E-state index >= 15 is 0 Å². The fourth-order valence-corrected chi connectivity index (χ4v) is 2.72. The predicted molar refractivity (Wildman–Crippen MR) is 72.9 cm³/mol. The Morgan fingerprint density at radius 2 is 2.27 bits per heavy atom. The Morgan fingerprint density at radius 1 is 1.45 bits per heavy atom. The van der Waals surface area contributed by atoms with E-state index in [0.29, 0.717) is 13.2 Å². The molecule has 0 saturated carbocycles. The SMILES string of the molecule is Cc1c[c-]c([C@@]2(Cn3cncn3)C[C@H](CO)CO2)cc1.[Y].[Y]. The van der Waals surface area contributed by atoms with Crippen LogP contribution in [0, 0.1) is 18.9 Å². The first-order chi connectivity index (χ1) is 9.72. The molecule has 3 rings (SSSR count). The van der Waals surface area contributed by atoms with Gasteiger partial charge >= 0.3 is 0 Å². The quantitative estimate of drug-likeness (QED) is 0.715. The Morgan fingerprint density at radius 3 is 2.82 bits per heavy atom. The van der Waals surface area contributed by atoms with Gasteiger partial charge in [-0.1, -0.05) is 6.92 Å². The third-order valence-corrected chi connectivity index (χ3v) is 3.82. The number of benzene rings is 1. The molecule has 0 amide bonds. The first-order valence-electron chi connectivity index (χ1n) is 6.78. The van der Waals surface area contributed by atoms with Crippen LogP contribution in [0.25, 0.3) is 0 Å². The fraction of sp³-hybridized carbons (Fsp3) is 0.467. The van der Waals surface area contributed by atoms with Crippen molar-refractivity contribution in [3.8, 4) is 0 Å². The smallest absolute Gasteiger partial charge is 0.137 e. The maximum Gasteiger partial charge on any atom is 0.137 e. The summed E-state index contributed by atoms with van der Waals surface area (Å²) in [5.41, 5.74) is 1.70. The van der Waals surface area contributed by atoms with Gasteiger partial charge in [-0.25, -0.2) is 9.67 Å². The zero-order valence-corrected chi connectivity index (χ0v) is 18.3. The molecule has 1 N–H and O–H groups in total. The van der Waals surface area contributed by atoms with Crippen molar-refractivity contribution < 1.29 is 75.3 Å². The van der Waals surface area contributed by atoms with E-state index in [0.717, 1.165) is 12.0 Å². The largest absolute Gasteiger partial charge is 0.396 e. The van der Waals surface area contributed by atoms with E-state index in [1.165, 1.54) is 11.9 Å². The molecule has 0 spiro atoms. The number of ether oxygens (including phenoxy) is 1. The second-order valence-electron chi connectivity index (χ2n) is 5.43. The Balaban J connectivity index is 0.00000121. The summed E-state index contributed by atoms with van der Waals surface area (Å²) in [4.78, 5) is 3.98. The van der Waals surface area contributed by atoms with Crippen LogP contribution in [0.3, 0.4) is 0 Å². The van der Waals surface area contributed by atoms with Crippen LogP contribution in [-0.4, -0.2) is 33.1 Å². The molecule has 0 unspecified atom stereocenters. The van der Waals surface area contributed by atoms with E-state index < -0.39 is 5.60 Å². The van der Waals surface area contributed by atoms with Crippen molar-refractivity contribution in [2.75, 3.05) is 13.2 Å². The Bertz CT molecular complexity index is 563. The van der Waals surface area contributed by atoms with Crippen LogP contribution in [0.4, 0.5) is 0 Å². The van der Waals surface area contributed by atoms with Gasteiger partial charge < -0.3 is 9.84 Å². The first kappa shape index (κ1) is 20.5. The topological polar surface area (TPSA) is 60.2 Å². The third kappa shape index (κ3) is 4.52. The molecule has 112 valence electrons. The second-order valence-corrected chi connectivity index (χ2v) is 5.43. The summed E-state index contributed by atoms with van der Waals surface area (Å²) < 4.78 is 7.83. The van der Waals surface area contributed by atoms with Crippen LogP contribution in [0.15, 0.2) is 30.9 Å². The molecule has 1 saturated heterocycles. The fourth-order valence-electron chi connectivity index (χ4n) is 2.72. The summed E-state index contributed by atoms with van der Waals surface area (Å²) in [5.74, 6) is 0.160. The van der Waals surface area contributed by atoms with E-state index in [4.69, 9.17) is 4.74 Å². The minimum absolute atomic E-state index is 0. The van der Waals surface area contributed by atoms with Crippen molar-refractivity contribution in [3.63, 3.8) is 0 Å². The number of aliphatic hydroxyl groups excluding tert-OH is 1. The van der Waals surface area contributed by atoms with E-state index in [-0.39, 0.29) is 77.9 Å². The number of hydrogen-bond donors (Lipinski definition) is 1. The molecule has 2 atom stereocenters. The van der Waals surface area contributed by atoms with E-state index in [1.807, 2.05) is 19.1 Å². The average molecular weight is 450 g/mol. The monoisotopic (exact) mass is 450 g/mol. The van der Waals surface area contributed by atoms with Gasteiger partial charge in [0.2, 0.25) is 0 Å². The van der Waals surface area contributed by atoms with Gasteiger partial charge in [0.15, 0.2) is 0 Å². The number of rotatable bonds is 4. The number of hydrogen-bond acceptors (Lipinski definition) is 4. The zero-order chi connectivity index (χ0) is 14.0. The standard InChI is InChI=1S/C15H18N3O2.2Y/c1-12-2-4-14(5-3-12)15(6-13(7-19)8-20-15)9-18-11-16-10-17-18;;/h2-4,10-11,13,19H,6-9H2,1H3;;/q-1;;/t13-,15+;;/m1../s1. The van der Waals surface area contributed by atoms with Gasteiger partial charge in [-0.2, -0.15) is 34.9 Å². The summed E-state index contributed by atoms with van der Waals surface area (Å²) >= 11 is 0. The predicted octanol–water partition coefficient (Wildman–Crippen LogP) is 1.31. The average Bonchev–Trinajstić information content (AvgIpc) is 3.10. The molecule has 22 heavy (non-hydrogen) atoms. The van der Waals surface area contributed by atoms with Crippen LogP contribution in [0.2, 0.25) is 0 Å². The van der Waals surface area contributed by atoms with Crippen LogP contribution < -0.4 is 0 Å². The molecule has 2 aromatic rings. The van der Waals surface area contributed by atoms with Crippen LogP contribution >= 0.6 is 0 Å². The van der Waals surface area contributed by atoms with Gasteiger partial charge in [0.05, 0.1) is 18.8 Å². The van der Waals surface area contributed by atoms with E-state index in [1.54, 1.807) is 11.0 Å². The molecule has 5 nitrogen and oxygen atoms in total. The van der Waals surface area contributed by atoms with Gasteiger partial charge in [0.25, 0.3) is 0 Å². The van der Waals surface area contributed by atoms with Crippen molar-refractivity contribution in [1.29, 1.82) is 0 Å². The third-order valence-electron chi connectivity index (χ3n) is 3.82. The molecule has 0 aliphatic carbocycles. The second kappa shape index (κ2) is 9.10. The summed E-state index contributed by atoms with van der Waals surface area (Å²) in [6, 6.07) is 9.38. The van der Waals surface area contributed by atoms with E-state index in [2.05, 4.69) is 22.2 Å². The van der Waals surface area contributed by atoms with Crippen LogP contribution in [0.5, 0.6) is 0 Å². The molecule has 2 radical (unpaired) electrons. The zero-order valence-electron chi connectivity index (χ0n) is 12.6. The minimum Gasteiger partial charge on any atom is -0.396 e. The normalized spacial score (nSPS) is 23.6. The van der Waals surface area contributed by atoms with Crippen molar-refractivity contribution in [1.82, 2.24) is 14.8 Å². The minimum atomic E-state index is -0.477. The molecular formula is C15H18N3O2Y2-. The van der Waals surface area contributed by atoms with Gasteiger partial charge in [0, 0.05) is 77.9 Å². The Labute approximate surface area is 181 Å². The number of aryl methyl sites for hydroxylation is 1. The number of aromatic nitrogens is 3. The van der Waals surface area contributed by atoms with Crippen LogP contribution in [0.1, 0.15) is 17.5 Å². The van der Waals surface area contributed by atoms with Gasteiger partial charge in [-0.3, -0.25) is 0 Å². The summed E-state index contributed by atoms with van der Waals surface area (Å²) in [6.45, 7) is 3.33. The van der Waals surface area contributed by atoms with Gasteiger partial charge in [0.1, 0.15) is 12.7 Å². The molecule has 1 fully saturated rings. The number of aliphatic hydroxyl groups is 1. The van der Waals surface area contributed by atoms with Crippen molar-refractivity contribution >= 4 is 0 Å².